The van der Waals surface area contributed by atoms with Crippen LogP contribution in [-0.2, 0) is 13.5 Å². The fourth-order valence-corrected chi connectivity index (χ4v) is 1.19. The molecule has 1 rings (SSSR count). The SMILES string of the molecule is Cc1cc(CC(C)N)n(C)n1. The van der Waals surface area contributed by atoms with Gasteiger partial charge in [-0.15, -0.1) is 0 Å². The minimum Gasteiger partial charge on any atom is -0.328 e. The fraction of sp³-hybridized carbons (Fsp3) is 0.625. The van der Waals surface area contributed by atoms with Crippen LogP contribution < -0.4 is 5.73 Å². The average molecular weight is 153 g/mol. The van der Waals surface area contributed by atoms with Crippen LogP contribution in [0, 0.1) is 6.92 Å². The molecule has 1 atom stereocenters. The van der Waals surface area contributed by atoms with E-state index in [2.05, 4.69) is 11.2 Å². The van der Waals surface area contributed by atoms with Crippen LogP contribution in [-0.4, -0.2) is 15.8 Å². The van der Waals surface area contributed by atoms with Crippen molar-refractivity contribution in [2.24, 2.45) is 12.8 Å². The summed E-state index contributed by atoms with van der Waals surface area (Å²) in [6.45, 7) is 3.99. The van der Waals surface area contributed by atoms with Gasteiger partial charge in [0.05, 0.1) is 5.69 Å². The number of rotatable bonds is 2. The summed E-state index contributed by atoms with van der Waals surface area (Å²) in [7, 11) is 1.95. The van der Waals surface area contributed by atoms with Gasteiger partial charge in [-0.25, -0.2) is 0 Å². The standard InChI is InChI=1S/C8H15N3/c1-6(9)4-8-5-7(2)10-11(8)3/h5-6H,4,9H2,1-3H3. The average Bonchev–Trinajstić information content (AvgIpc) is 2.09. The summed E-state index contributed by atoms with van der Waals surface area (Å²) in [4.78, 5) is 0. The summed E-state index contributed by atoms with van der Waals surface area (Å²) in [5.74, 6) is 0. The van der Waals surface area contributed by atoms with Crippen molar-refractivity contribution in [2.75, 3.05) is 0 Å². The molecule has 0 saturated carbocycles. The van der Waals surface area contributed by atoms with Crippen molar-refractivity contribution in [1.82, 2.24) is 9.78 Å². The quantitative estimate of drug-likeness (QED) is 0.676. The molecule has 0 aliphatic carbocycles. The smallest absolute Gasteiger partial charge is 0.0596 e. The van der Waals surface area contributed by atoms with Crippen LogP contribution in [0.4, 0.5) is 0 Å². The molecule has 11 heavy (non-hydrogen) atoms. The van der Waals surface area contributed by atoms with Gasteiger partial charge in [-0.3, -0.25) is 4.68 Å². The van der Waals surface area contributed by atoms with E-state index in [1.807, 2.05) is 25.6 Å². The summed E-state index contributed by atoms with van der Waals surface area (Å²) in [6.07, 6.45) is 0.900. The number of hydrogen-bond donors (Lipinski definition) is 1. The molecule has 0 spiro atoms. The maximum absolute atomic E-state index is 5.66. The lowest BCUT2D eigenvalue weighted by Crippen LogP contribution is -2.19. The Balaban J connectivity index is 2.77. The van der Waals surface area contributed by atoms with Gasteiger partial charge in [-0.05, 0) is 19.9 Å². The second kappa shape index (κ2) is 3.05. The Kier molecular flexibility index (Phi) is 2.29. The van der Waals surface area contributed by atoms with E-state index in [-0.39, 0.29) is 6.04 Å². The highest BCUT2D eigenvalue weighted by molar-refractivity contribution is 5.09. The first-order valence-corrected chi connectivity index (χ1v) is 3.84. The number of aryl methyl sites for hydroxylation is 2. The van der Waals surface area contributed by atoms with Gasteiger partial charge in [0.15, 0.2) is 0 Å². The lowest BCUT2D eigenvalue weighted by atomic mass is 10.2. The Morgan fingerprint density at radius 2 is 2.36 bits per heavy atom. The van der Waals surface area contributed by atoms with Crippen molar-refractivity contribution >= 4 is 0 Å². The van der Waals surface area contributed by atoms with Gasteiger partial charge in [0.1, 0.15) is 0 Å². The second-order valence-corrected chi connectivity index (χ2v) is 3.08. The number of nitrogens with zero attached hydrogens (tertiary/aromatic N) is 2. The number of aromatic nitrogens is 2. The third-order valence-corrected chi connectivity index (χ3v) is 1.63. The van der Waals surface area contributed by atoms with Crippen molar-refractivity contribution in [2.45, 2.75) is 26.3 Å². The summed E-state index contributed by atoms with van der Waals surface area (Å²) < 4.78 is 1.89. The fourth-order valence-electron chi connectivity index (χ4n) is 1.19. The van der Waals surface area contributed by atoms with E-state index in [0.717, 1.165) is 12.1 Å². The Labute approximate surface area is 67.2 Å². The molecule has 3 heteroatoms. The Hall–Kier alpha value is -0.830. The van der Waals surface area contributed by atoms with Crippen LogP contribution in [0.1, 0.15) is 18.3 Å². The van der Waals surface area contributed by atoms with Crippen LogP contribution in [0.3, 0.4) is 0 Å². The monoisotopic (exact) mass is 153 g/mol. The molecule has 0 amide bonds. The third-order valence-electron chi connectivity index (χ3n) is 1.63. The Bertz CT molecular complexity index is 237. The van der Waals surface area contributed by atoms with Gasteiger partial charge in [0.2, 0.25) is 0 Å². The summed E-state index contributed by atoms with van der Waals surface area (Å²) in [6, 6.07) is 2.29. The zero-order valence-electron chi connectivity index (χ0n) is 7.33. The lowest BCUT2D eigenvalue weighted by Gasteiger charge is -2.03. The lowest BCUT2D eigenvalue weighted by molar-refractivity contribution is 0.648. The molecule has 1 aromatic heterocycles. The zero-order valence-corrected chi connectivity index (χ0v) is 7.33. The topological polar surface area (TPSA) is 43.8 Å². The number of hydrogen-bond acceptors (Lipinski definition) is 2. The van der Waals surface area contributed by atoms with E-state index >= 15 is 0 Å². The molecule has 1 aromatic rings. The molecule has 0 aliphatic rings. The molecular formula is C8H15N3. The molecule has 0 bridgehead atoms. The highest BCUT2D eigenvalue weighted by atomic mass is 15.3. The summed E-state index contributed by atoms with van der Waals surface area (Å²) >= 11 is 0. The van der Waals surface area contributed by atoms with Crippen molar-refractivity contribution in [3.63, 3.8) is 0 Å². The largest absolute Gasteiger partial charge is 0.328 e. The van der Waals surface area contributed by atoms with Crippen LogP contribution in [0.2, 0.25) is 0 Å². The van der Waals surface area contributed by atoms with Crippen LogP contribution in [0.25, 0.3) is 0 Å². The predicted molar refractivity (Wildman–Crippen MR) is 45.3 cm³/mol. The van der Waals surface area contributed by atoms with Crippen molar-refractivity contribution < 1.29 is 0 Å². The molecule has 1 unspecified atom stereocenters. The van der Waals surface area contributed by atoms with Crippen molar-refractivity contribution in [1.29, 1.82) is 0 Å². The molecule has 0 aromatic carbocycles. The molecule has 3 nitrogen and oxygen atoms in total. The van der Waals surface area contributed by atoms with E-state index in [4.69, 9.17) is 5.73 Å². The maximum atomic E-state index is 5.66. The molecular weight excluding hydrogens is 138 g/mol. The third kappa shape index (κ3) is 2.05. The van der Waals surface area contributed by atoms with Gasteiger partial charge >= 0.3 is 0 Å². The van der Waals surface area contributed by atoms with Crippen molar-refractivity contribution in [3.8, 4) is 0 Å². The molecule has 2 N–H and O–H groups in total. The summed E-state index contributed by atoms with van der Waals surface area (Å²) in [5.41, 5.74) is 7.93. The van der Waals surface area contributed by atoms with Crippen molar-refractivity contribution in [3.05, 3.63) is 17.5 Å². The minimum atomic E-state index is 0.213. The van der Waals surface area contributed by atoms with Gasteiger partial charge < -0.3 is 5.73 Å². The van der Waals surface area contributed by atoms with Crippen LogP contribution in [0.15, 0.2) is 6.07 Å². The van der Waals surface area contributed by atoms with Gasteiger partial charge in [-0.2, -0.15) is 5.10 Å². The maximum Gasteiger partial charge on any atom is 0.0596 e. The Morgan fingerprint density at radius 1 is 1.73 bits per heavy atom. The van der Waals surface area contributed by atoms with E-state index in [1.54, 1.807) is 0 Å². The molecule has 1 heterocycles. The molecule has 62 valence electrons. The predicted octanol–water partition coefficient (Wildman–Crippen LogP) is 0.618. The number of nitrogens with two attached hydrogens (primary N) is 1. The van der Waals surface area contributed by atoms with Crippen LogP contribution >= 0.6 is 0 Å². The molecule has 0 saturated heterocycles. The van der Waals surface area contributed by atoms with Gasteiger partial charge in [-0.1, -0.05) is 0 Å². The molecule has 0 aliphatic heterocycles. The molecule has 0 fully saturated rings. The zero-order chi connectivity index (χ0) is 8.43. The second-order valence-electron chi connectivity index (χ2n) is 3.08. The van der Waals surface area contributed by atoms with E-state index in [9.17, 15) is 0 Å². The highest BCUT2D eigenvalue weighted by Gasteiger charge is 2.03. The summed E-state index contributed by atoms with van der Waals surface area (Å²) in [5, 5.41) is 4.23. The van der Waals surface area contributed by atoms with Gasteiger partial charge in [0.25, 0.3) is 0 Å². The minimum absolute atomic E-state index is 0.213. The Morgan fingerprint density at radius 3 is 2.73 bits per heavy atom. The van der Waals surface area contributed by atoms with E-state index < -0.39 is 0 Å². The normalized spacial score (nSPS) is 13.5. The van der Waals surface area contributed by atoms with Gasteiger partial charge in [0, 0.05) is 25.2 Å². The van der Waals surface area contributed by atoms with E-state index in [0.29, 0.717) is 0 Å². The first-order chi connectivity index (χ1) is 5.09. The van der Waals surface area contributed by atoms with E-state index in [1.165, 1.54) is 5.69 Å². The first kappa shape index (κ1) is 8.27. The molecule has 0 radical (unpaired) electrons. The highest BCUT2D eigenvalue weighted by Crippen LogP contribution is 2.03. The first-order valence-electron chi connectivity index (χ1n) is 3.84. The van der Waals surface area contributed by atoms with Crippen LogP contribution in [0.5, 0.6) is 0 Å².